The summed E-state index contributed by atoms with van der Waals surface area (Å²) in [5.74, 6) is 1.09. The average Bonchev–Trinajstić information content (AvgIpc) is 2.87. The number of hydrogen-bond donors (Lipinski definition) is 1. The van der Waals surface area contributed by atoms with Crippen molar-refractivity contribution in [2.24, 2.45) is 0 Å². The summed E-state index contributed by atoms with van der Waals surface area (Å²) >= 11 is 0. The zero-order valence-electron chi connectivity index (χ0n) is 11.9. The molecule has 0 bridgehead atoms. The fraction of sp³-hybridized carbons (Fsp3) is 0.438. The average molecular weight is 271 g/mol. The predicted molar refractivity (Wildman–Crippen MR) is 79.6 cm³/mol. The molecule has 1 aliphatic rings. The summed E-state index contributed by atoms with van der Waals surface area (Å²) in [4.78, 5) is 4.86. The highest BCUT2D eigenvalue weighted by Gasteiger charge is 2.20. The van der Waals surface area contributed by atoms with Crippen molar-refractivity contribution in [3.63, 3.8) is 0 Å². The van der Waals surface area contributed by atoms with Crippen LogP contribution in [0.25, 0.3) is 11.4 Å². The number of ether oxygens (including phenoxy) is 1. The Morgan fingerprint density at radius 2 is 2.15 bits per heavy atom. The molecule has 1 aromatic heterocycles. The molecule has 3 rings (SSSR count). The van der Waals surface area contributed by atoms with Gasteiger partial charge >= 0.3 is 0 Å². The van der Waals surface area contributed by atoms with Gasteiger partial charge in [0.2, 0.25) is 0 Å². The number of aromatic nitrogens is 2. The molecule has 1 aliphatic heterocycles. The van der Waals surface area contributed by atoms with E-state index in [2.05, 4.69) is 34.1 Å². The van der Waals surface area contributed by atoms with Crippen LogP contribution in [0.15, 0.2) is 30.3 Å². The predicted octanol–water partition coefficient (Wildman–Crippen LogP) is 2.23. The molecule has 2 aromatic rings. The van der Waals surface area contributed by atoms with Gasteiger partial charge in [0.25, 0.3) is 0 Å². The maximum absolute atomic E-state index is 5.18. The smallest absolute Gasteiger partial charge is 0.140 e. The molecule has 0 amide bonds. The van der Waals surface area contributed by atoms with Gasteiger partial charge in [-0.25, -0.2) is 4.98 Å². The van der Waals surface area contributed by atoms with Gasteiger partial charge in [-0.1, -0.05) is 30.3 Å². The van der Waals surface area contributed by atoms with Gasteiger partial charge in [0.05, 0.1) is 5.69 Å². The fourth-order valence-corrected chi connectivity index (χ4v) is 2.79. The third kappa shape index (κ3) is 2.62. The number of nitrogens with zero attached hydrogens (tertiary/aromatic N) is 2. The van der Waals surface area contributed by atoms with E-state index >= 15 is 0 Å². The van der Waals surface area contributed by atoms with E-state index in [0.717, 1.165) is 44.9 Å². The lowest BCUT2D eigenvalue weighted by Gasteiger charge is -2.16. The number of nitrogens with one attached hydrogen (secondary N) is 1. The van der Waals surface area contributed by atoms with Crippen LogP contribution in [0, 0.1) is 0 Å². The second kappa shape index (κ2) is 6.20. The van der Waals surface area contributed by atoms with Crippen molar-refractivity contribution < 1.29 is 4.74 Å². The highest BCUT2D eigenvalue weighted by Crippen LogP contribution is 2.24. The maximum atomic E-state index is 5.18. The first-order valence-corrected chi connectivity index (χ1v) is 7.23. The van der Waals surface area contributed by atoms with Crippen LogP contribution < -0.4 is 5.32 Å². The van der Waals surface area contributed by atoms with Crippen molar-refractivity contribution in [1.82, 2.24) is 14.9 Å². The van der Waals surface area contributed by atoms with E-state index in [9.17, 15) is 0 Å². The van der Waals surface area contributed by atoms with Gasteiger partial charge in [0.1, 0.15) is 5.82 Å². The quantitative estimate of drug-likeness (QED) is 0.848. The number of rotatable bonds is 5. The highest BCUT2D eigenvalue weighted by molar-refractivity contribution is 5.57. The first kappa shape index (κ1) is 13.3. The van der Waals surface area contributed by atoms with E-state index in [1.54, 1.807) is 7.11 Å². The number of benzene rings is 1. The minimum Gasteiger partial charge on any atom is -0.385 e. The lowest BCUT2D eigenvalue weighted by Crippen LogP contribution is -2.25. The molecule has 4 heteroatoms. The summed E-state index contributed by atoms with van der Waals surface area (Å²) in [6.45, 7) is 3.68. The largest absolute Gasteiger partial charge is 0.385 e. The summed E-state index contributed by atoms with van der Waals surface area (Å²) < 4.78 is 7.56. The molecule has 0 spiro atoms. The van der Waals surface area contributed by atoms with E-state index in [1.807, 2.05) is 6.07 Å². The van der Waals surface area contributed by atoms with E-state index < -0.39 is 0 Å². The minimum absolute atomic E-state index is 0.791. The molecule has 0 saturated heterocycles. The molecular weight excluding hydrogens is 250 g/mol. The molecule has 1 N–H and O–H groups in total. The minimum atomic E-state index is 0.791. The zero-order chi connectivity index (χ0) is 13.8. The number of imidazole rings is 1. The van der Waals surface area contributed by atoms with Crippen molar-refractivity contribution in [3.8, 4) is 11.4 Å². The second-order valence-electron chi connectivity index (χ2n) is 5.12. The summed E-state index contributed by atoms with van der Waals surface area (Å²) in [6.07, 6.45) is 2.08. The molecule has 1 aromatic carbocycles. The summed E-state index contributed by atoms with van der Waals surface area (Å²) in [6, 6.07) is 10.5. The molecule has 4 nitrogen and oxygen atoms in total. The lowest BCUT2D eigenvalue weighted by molar-refractivity contribution is 0.190. The topological polar surface area (TPSA) is 39.1 Å². The molecule has 0 saturated carbocycles. The van der Waals surface area contributed by atoms with Crippen LogP contribution in [0.4, 0.5) is 0 Å². The van der Waals surface area contributed by atoms with E-state index in [0.29, 0.717) is 0 Å². The molecule has 0 fully saturated rings. The third-order valence-corrected chi connectivity index (χ3v) is 3.75. The molecule has 106 valence electrons. The standard InChI is InChI=1S/C16H21N3O/c1-20-11-5-10-19-15-8-9-17-12-14(15)18-16(19)13-6-3-2-4-7-13/h2-4,6-7,17H,5,8-12H2,1H3. The van der Waals surface area contributed by atoms with Crippen molar-refractivity contribution in [2.75, 3.05) is 20.3 Å². The Balaban J connectivity index is 1.97. The third-order valence-electron chi connectivity index (χ3n) is 3.75. The summed E-state index contributed by atoms with van der Waals surface area (Å²) in [7, 11) is 1.76. The molecule has 20 heavy (non-hydrogen) atoms. The van der Waals surface area contributed by atoms with Crippen LogP contribution in [0.2, 0.25) is 0 Å². The second-order valence-corrected chi connectivity index (χ2v) is 5.12. The van der Waals surface area contributed by atoms with Crippen LogP contribution in [-0.2, 0) is 24.2 Å². The van der Waals surface area contributed by atoms with Gasteiger partial charge in [-0.05, 0) is 6.42 Å². The number of fused-ring (bicyclic) bond motifs is 1. The molecule has 0 radical (unpaired) electrons. The Kier molecular flexibility index (Phi) is 4.14. The van der Waals surface area contributed by atoms with Crippen molar-refractivity contribution in [3.05, 3.63) is 41.7 Å². The normalized spacial score (nSPS) is 14.2. The highest BCUT2D eigenvalue weighted by atomic mass is 16.5. The van der Waals surface area contributed by atoms with E-state index in [-0.39, 0.29) is 0 Å². The molecule has 0 atom stereocenters. The SMILES string of the molecule is COCCCn1c(-c2ccccc2)nc2c1CCNC2. The van der Waals surface area contributed by atoms with Gasteiger partial charge in [-0.2, -0.15) is 0 Å². The summed E-state index contributed by atoms with van der Waals surface area (Å²) in [5, 5.41) is 3.40. The van der Waals surface area contributed by atoms with Crippen LogP contribution in [0.1, 0.15) is 17.8 Å². The van der Waals surface area contributed by atoms with Crippen molar-refractivity contribution in [2.45, 2.75) is 25.9 Å². The first-order valence-electron chi connectivity index (χ1n) is 7.23. The van der Waals surface area contributed by atoms with Gasteiger partial charge in [-0.15, -0.1) is 0 Å². The first-order chi connectivity index (χ1) is 9.90. The van der Waals surface area contributed by atoms with E-state index in [1.165, 1.54) is 17.0 Å². The Labute approximate surface area is 119 Å². The Bertz CT molecular complexity index is 563. The fourth-order valence-electron chi connectivity index (χ4n) is 2.79. The van der Waals surface area contributed by atoms with Crippen molar-refractivity contribution >= 4 is 0 Å². The van der Waals surface area contributed by atoms with Gasteiger partial charge in [0.15, 0.2) is 0 Å². The molecule has 0 aliphatic carbocycles. The van der Waals surface area contributed by atoms with Crippen molar-refractivity contribution in [1.29, 1.82) is 0 Å². The monoisotopic (exact) mass is 271 g/mol. The van der Waals surface area contributed by atoms with Crippen LogP contribution in [0.3, 0.4) is 0 Å². The van der Waals surface area contributed by atoms with Crippen LogP contribution in [-0.4, -0.2) is 29.8 Å². The Hall–Kier alpha value is -1.65. The molecule has 2 heterocycles. The van der Waals surface area contributed by atoms with Gasteiger partial charge in [0, 0.05) is 51.0 Å². The molecular formula is C16H21N3O. The number of hydrogen-bond acceptors (Lipinski definition) is 3. The zero-order valence-corrected chi connectivity index (χ0v) is 11.9. The van der Waals surface area contributed by atoms with Gasteiger partial charge in [-0.3, -0.25) is 0 Å². The lowest BCUT2D eigenvalue weighted by atomic mass is 10.2. The van der Waals surface area contributed by atoms with E-state index in [4.69, 9.17) is 9.72 Å². The summed E-state index contributed by atoms with van der Waals surface area (Å²) in [5.41, 5.74) is 3.78. The Morgan fingerprint density at radius 1 is 1.30 bits per heavy atom. The van der Waals surface area contributed by atoms with Crippen LogP contribution >= 0.6 is 0 Å². The Morgan fingerprint density at radius 3 is 2.95 bits per heavy atom. The number of methoxy groups -OCH3 is 1. The maximum Gasteiger partial charge on any atom is 0.140 e. The van der Waals surface area contributed by atoms with Gasteiger partial charge < -0.3 is 14.6 Å². The molecule has 0 unspecified atom stereocenters. The van der Waals surface area contributed by atoms with Crippen LogP contribution in [0.5, 0.6) is 0 Å².